The molecule has 1 N–H and O–H groups in total. The van der Waals surface area contributed by atoms with Gasteiger partial charge in [0.1, 0.15) is 5.82 Å². The van der Waals surface area contributed by atoms with Gasteiger partial charge in [-0.1, -0.05) is 31.5 Å². The van der Waals surface area contributed by atoms with Crippen LogP contribution in [0.4, 0.5) is 4.39 Å². The number of nitrogens with one attached hydrogen (secondary N) is 1. The molecule has 1 heterocycles. The van der Waals surface area contributed by atoms with Crippen molar-refractivity contribution in [3.05, 3.63) is 52.1 Å². The SMILES string of the molecule is CCNC(Cc1ccc(Cl)cc1F)c1cn(C)nc1CC. The Kier molecular flexibility index (Phi) is 5.37. The lowest BCUT2D eigenvalue weighted by Crippen LogP contribution is -2.24. The average molecular weight is 310 g/mol. The van der Waals surface area contributed by atoms with E-state index in [9.17, 15) is 4.39 Å². The van der Waals surface area contributed by atoms with Crippen LogP contribution in [0.3, 0.4) is 0 Å². The standard InChI is InChI=1S/C16H21ClFN3/c1-4-15-13(10-21(3)20-15)16(19-5-2)8-11-6-7-12(17)9-14(11)18/h6-7,9-10,16,19H,4-5,8H2,1-3H3. The normalized spacial score (nSPS) is 12.6. The molecule has 0 aliphatic rings. The smallest absolute Gasteiger partial charge is 0.127 e. The maximum Gasteiger partial charge on any atom is 0.127 e. The van der Waals surface area contributed by atoms with Crippen molar-refractivity contribution in [3.8, 4) is 0 Å². The summed E-state index contributed by atoms with van der Waals surface area (Å²) < 4.78 is 15.8. The summed E-state index contributed by atoms with van der Waals surface area (Å²) in [5, 5.41) is 8.32. The number of hydrogen-bond donors (Lipinski definition) is 1. The first-order valence-corrected chi connectivity index (χ1v) is 7.62. The Morgan fingerprint density at radius 1 is 1.38 bits per heavy atom. The van der Waals surface area contributed by atoms with E-state index in [0.717, 1.165) is 24.2 Å². The minimum Gasteiger partial charge on any atom is -0.310 e. The number of aromatic nitrogens is 2. The number of hydrogen-bond acceptors (Lipinski definition) is 2. The molecule has 114 valence electrons. The molecule has 0 bridgehead atoms. The van der Waals surface area contributed by atoms with Gasteiger partial charge in [0, 0.05) is 29.9 Å². The Balaban J connectivity index is 2.30. The molecule has 1 aromatic heterocycles. The van der Waals surface area contributed by atoms with Gasteiger partial charge in [-0.15, -0.1) is 0 Å². The molecule has 5 heteroatoms. The number of benzene rings is 1. The van der Waals surface area contributed by atoms with Crippen molar-refractivity contribution < 1.29 is 4.39 Å². The van der Waals surface area contributed by atoms with Gasteiger partial charge in [0.15, 0.2) is 0 Å². The van der Waals surface area contributed by atoms with Gasteiger partial charge in [-0.2, -0.15) is 5.10 Å². The first-order chi connectivity index (χ1) is 10.0. The molecule has 21 heavy (non-hydrogen) atoms. The predicted octanol–water partition coefficient (Wildman–Crippen LogP) is 3.67. The van der Waals surface area contributed by atoms with Crippen LogP contribution in [0.2, 0.25) is 5.02 Å². The Labute approximate surface area is 130 Å². The van der Waals surface area contributed by atoms with Crippen LogP contribution in [-0.2, 0) is 19.9 Å². The van der Waals surface area contributed by atoms with Crippen LogP contribution in [0.5, 0.6) is 0 Å². The summed E-state index contributed by atoms with van der Waals surface area (Å²) in [4.78, 5) is 0. The number of rotatable bonds is 6. The Hall–Kier alpha value is -1.39. The minimum atomic E-state index is -0.257. The molecular weight excluding hydrogens is 289 g/mol. The van der Waals surface area contributed by atoms with Gasteiger partial charge < -0.3 is 5.32 Å². The monoisotopic (exact) mass is 309 g/mol. The van der Waals surface area contributed by atoms with Crippen LogP contribution in [0.1, 0.15) is 36.7 Å². The van der Waals surface area contributed by atoms with E-state index < -0.39 is 0 Å². The number of halogens is 2. The topological polar surface area (TPSA) is 29.9 Å². The van der Waals surface area contributed by atoms with Crippen LogP contribution in [0.25, 0.3) is 0 Å². The molecule has 0 saturated heterocycles. The summed E-state index contributed by atoms with van der Waals surface area (Å²) in [5.41, 5.74) is 2.85. The summed E-state index contributed by atoms with van der Waals surface area (Å²) in [5.74, 6) is -0.257. The molecule has 2 aromatic rings. The van der Waals surface area contributed by atoms with E-state index in [1.165, 1.54) is 6.07 Å². The molecule has 0 amide bonds. The van der Waals surface area contributed by atoms with E-state index in [2.05, 4.69) is 17.3 Å². The zero-order chi connectivity index (χ0) is 15.4. The molecular formula is C16H21ClFN3. The lowest BCUT2D eigenvalue weighted by molar-refractivity contribution is 0.525. The maximum atomic E-state index is 14.0. The van der Waals surface area contributed by atoms with Gasteiger partial charge in [-0.05, 0) is 37.1 Å². The predicted molar refractivity (Wildman–Crippen MR) is 84.1 cm³/mol. The zero-order valence-electron chi connectivity index (χ0n) is 12.7. The quantitative estimate of drug-likeness (QED) is 0.882. The zero-order valence-corrected chi connectivity index (χ0v) is 13.4. The van der Waals surface area contributed by atoms with Crippen molar-refractivity contribution >= 4 is 11.6 Å². The van der Waals surface area contributed by atoms with Gasteiger partial charge in [-0.25, -0.2) is 4.39 Å². The largest absolute Gasteiger partial charge is 0.310 e. The third-order valence-electron chi connectivity index (χ3n) is 3.54. The fraction of sp³-hybridized carbons (Fsp3) is 0.438. The molecule has 0 saturated carbocycles. The van der Waals surface area contributed by atoms with Gasteiger partial charge in [0.05, 0.1) is 5.69 Å². The van der Waals surface area contributed by atoms with E-state index in [0.29, 0.717) is 17.0 Å². The summed E-state index contributed by atoms with van der Waals surface area (Å²) in [6, 6.07) is 4.90. The van der Waals surface area contributed by atoms with Crippen LogP contribution in [-0.4, -0.2) is 16.3 Å². The van der Waals surface area contributed by atoms with Crippen molar-refractivity contribution in [2.45, 2.75) is 32.7 Å². The van der Waals surface area contributed by atoms with Crippen LogP contribution >= 0.6 is 11.6 Å². The Morgan fingerprint density at radius 2 is 2.14 bits per heavy atom. The van der Waals surface area contributed by atoms with Crippen LogP contribution < -0.4 is 5.32 Å². The second-order valence-electron chi connectivity index (χ2n) is 5.11. The number of nitrogens with zero attached hydrogens (tertiary/aromatic N) is 2. The van der Waals surface area contributed by atoms with E-state index in [1.807, 2.05) is 24.9 Å². The molecule has 0 aliphatic carbocycles. The highest BCUT2D eigenvalue weighted by Gasteiger charge is 2.19. The van der Waals surface area contributed by atoms with Crippen molar-refractivity contribution in [1.29, 1.82) is 0 Å². The van der Waals surface area contributed by atoms with E-state index in [1.54, 1.807) is 12.1 Å². The molecule has 0 fully saturated rings. The van der Waals surface area contributed by atoms with Crippen molar-refractivity contribution in [3.63, 3.8) is 0 Å². The van der Waals surface area contributed by atoms with Gasteiger partial charge in [-0.3, -0.25) is 4.68 Å². The fourth-order valence-corrected chi connectivity index (χ4v) is 2.72. The summed E-state index contributed by atoms with van der Waals surface area (Å²) in [6.07, 6.45) is 3.46. The molecule has 1 atom stereocenters. The van der Waals surface area contributed by atoms with Crippen LogP contribution in [0.15, 0.2) is 24.4 Å². The first kappa shape index (κ1) is 16.0. The second-order valence-corrected chi connectivity index (χ2v) is 5.54. The van der Waals surface area contributed by atoms with Crippen molar-refractivity contribution in [2.75, 3.05) is 6.54 Å². The van der Waals surface area contributed by atoms with E-state index in [4.69, 9.17) is 11.6 Å². The van der Waals surface area contributed by atoms with E-state index >= 15 is 0 Å². The number of likely N-dealkylation sites (N-methyl/N-ethyl adjacent to an activating group) is 1. The van der Waals surface area contributed by atoms with Crippen molar-refractivity contribution in [2.24, 2.45) is 7.05 Å². The molecule has 0 radical (unpaired) electrons. The maximum absolute atomic E-state index is 14.0. The lowest BCUT2D eigenvalue weighted by Gasteiger charge is -2.18. The molecule has 2 rings (SSSR count). The molecule has 0 spiro atoms. The van der Waals surface area contributed by atoms with Gasteiger partial charge in [0.2, 0.25) is 0 Å². The Morgan fingerprint density at radius 3 is 2.76 bits per heavy atom. The lowest BCUT2D eigenvalue weighted by atomic mass is 9.98. The Bertz CT molecular complexity index is 610. The average Bonchev–Trinajstić information content (AvgIpc) is 2.82. The van der Waals surface area contributed by atoms with E-state index in [-0.39, 0.29) is 11.9 Å². The fourth-order valence-electron chi connectivity index (χ4n) is 2.56. The molecule has 1 unspecified atom stereocenters. The second kappa shape index (κ2) is 7.05. The summed E-state index contributed by atoms with van der Waals surface area (Å²) in [7, 11) is 1.91. The third-order valence-corrected chi connectivity index (χ3v) is 3.77. The third kappa shape index (κ3) is 3.83. The van der Waals surface area contributed by atoms with Gasteiger partial charge in [0.25, 0.3) is 0 Å². The van der Waals surface area contributed by atoms with Crippen molar-refractivity contribution in [1.82, 2.24) is 15.1 Å². The molecule has 3 nitrogen and oxygen atoms in total. The molecule has 0 aliphatic heterocycles. The van der Waals surface area contributed by atoms with Gasteiger partial charge >= 0.3 is 0 Å². The highest BCUT2D eigenvalue weighted by molar-refractivity contribution is 6.30. The van der Waals surface area contributed by atoms with Crippen LogP contribution in [0, 0.1) is 5.82 Å². The summed E-state index contributed by atoms with van der Waals surface area (Å²) >= 11 is 5.81. The number of aryl methyl sites for hydroxylation is 2. The minimum absolute atomic E-state index is 0.0503. The first-order valence-electron chi connectivity index (χ1n) is 7.24. The highest BCUT2D eigenvalue weighted by atomic mass is 35.5. The highest BCUT2D eigenvalue weighted by Crippen LogP contribution is 2.24. The summed E-state index contributed by atoms with van der Waals surface area (Å²) in [6.45, 7) is 4.95. The molecule has 1 aromatic carbocycles.